The van der Waals surface area contributed by atoms with Gasteiger partial charge in [-0.1, -0.05) is 13.0 Å². The fraction of sp³-hybridized carbons (Fsp3) is 0.348. The van der Waals surface area contributed by atoms with Crippen LogP contribution in [0.5, 0.6) is 0 Å². The van der Waals surface area contributed by atoms with Crippen molar-refractivity contribution in [3.63, 3.8) is 0 Å². The Hall–Kier alpha value is -3.15. The van der Waals surface area contributed by atoms with E-state index in [1.54, 1.807) is 28.0 Å². The summed E-state index contributed by atoms with van der Waals surface area (Å²) in [5.41, 5.74) is 4.70. The lowest BCUT2D eigenvalue weighted by molar-refractivity contribution is -0.122. The molecule has 0 spiro atoms. The van der Waals surface area contributed by atoms with Gasteiger partial charge in [-0.15, -0.1) is 0 Å². The van der Waals surface area contributed by atoms with E-state index in [1.165, 1.54) is 0 Å². The molecule has 2 aliphatic heterocycles. The molecule has 3 amide bonds. The van der Waals surface area contributed by atoms with E-state index in [0.717, 1.165) is 23.2 Å². The maximum absolute atomic E-state index is 13.0. The Morgan fingerprint density at radius 1 is 1.07 bits per heavy atom. The van der Waals surface area contributed by atoms with Gasteiger partial charge in [-0.3, -0.25) is 19.3 Å². The van der Waals surface area contributed by atoms with Crippen LogP contribution in [0, 0.1) is 13.8 Å². The maximum atomic E-state index is 13.0. The number of nitrogens with zero attached hydrogens (tertiary/aromatic N) is 2. The lowest BCUT2D eigenvalue weighted by Crippen LogP contribution is -2.52. The van der Waals surface area contributed by atoms with Crippen molar-refractivity contribution in [1.29, 1.82) is 0 Å². The molecular formula is C23H25N3O3. The monoisotopic (exact) mass is 391 g/mol. The van der Waals surface area contributed by atoms with Gasteiger partial charge in [0.15, 0.2) is 0 Å². The zero-order valence-corrected chi connectivity index (χ0v) is 17.0. The number of amides is 3. The minimum atomic E-state index is -0.420. The molecule has 0 saturated carbocycles. The van der Waals surface area contributed by atoms with Crippen LogP contribution in [0.2, 0.25) is 0 Å². The van der Waals surface area contributed by atoms with Crippen LogP contribution in [-0.4, -0.2) is 30.3 Å². The van der Waals surface area contributed by atoms with Crippen molar-refractivity contribution in [1.82, 2.24) is 0 Å². The van der Waals surface area contributed by atoms with E-state index in [-0.39, 0.29) is 17.7 Å². The highest BCUT2D eigenvalue weighted by molar-refractivity contribution is 6.16. The summed E-state index contributed by atoms with van der Waals surface area (Å²) in [5.74, 6) is -0.332. The number of anilines is 3. The number of carbonyl (C=O) groups excluding carboxylic acids is 3. The van der Waals surface area contributed by atoms with E-state index in [9.17, 15) is 14.4 Å². The van der Waals surface area contributed by atoms with E-state index >= 15 is 0 Å². The number of aryl methyl sites for hydroxylation is 2. The number of carbonyl (C=O) groups is 3. The number of rotatable bonds is 4. The topological polar surface area (TPSA) is 69.7 Å². The van der Waals surface area contributed by atoms with E-state index in [2.05, 4.69) is 5.32 Å². The average molecular weight is 391 g/mol. The van der Waals surface area contributed by atoms with Crippen LogP contribution in [0.1, 0.15) is 47.7 Å². The molecule has 0 aromatic heterocycles. The Morgan fingerprint density at radius 2 is 1.79 bits per heavy atom. The van der Waals surface area contributed by atoms with Crippen molar-refractivity contribution in [2.24, 2.45) is 0 Å². The van der Waals surface area contributed by atoms with Crippen LogP contribution in [0.3, 0.4) is 0 Å². The van der Waals surface area contributed by atoms with Gasteiger partial charge in [-0.2, -0.15) is 0 Å². The number of nitrogens with one attached hydrogen (secondary N) is 1. The summed E-state index contributed by atoms with van der Waals surface area (Å²) < 4.78 is 0. The largest absolute Gasteiger partial charge is 0.322 e. The quantitative estimate of drug-likeness (QED) is 0.862. The van der Waals surface area contributed by atoms with E-state index < -0.39 is 6.04 Å². The smallest absolute Gasteiger partial charge is 0.255 e. The zero-order valence-electron chi connectivity index (χ0n) is 17.0. The number of benzene rings is 2. The van der Waals surface area contributed by atoms with Gasteiger partial charge < -0.3 is 10.2 Å². The molecule has 2 aliphatic rings. The molecule has 2 aromatic carbocycles. The minimum absolute atomic E-state index is 0.0341. The molecule has 4 rings (SSSR count). The van der Waals surface area contributed by atoms with Gasteiger partial charge in [0.2, 0.25) is 11.8 Å². The second-order valence-corrected chi connectivity index (χ2v) is 7.84. The fourth-order valence-corrected chi connectivity index (χ4v) is 4.31. The summed E-state index contributed by atoms with van der Waals surface area (Å²) in [6, 6.07) is 10.7. The van der Waals surface area contributed by atoms with Crippen LogP contribution < -0.4 is 15.1 Å². The Labute approximate surface area is 170 Å². The second-order valence-electron chi connectivity index (χ2n) is 7.84. The molecule has 6 heteroatoms. The maximum Gasteiger partial charge on any atom is 0.255 e. The van der Waals surface area contributed by atoms with Gasteiger partial charge in [0, 0.05) is 24.2 Å². The van der Waals surface area contributed by atoms with E-state index in [1.807, 2.05) is 39.0 Å². The molecule has 1 atom stereocenters. The van der Waals surface area contributed by atoms with Crippen LogP contribution in [0.25, 0.3) is 0 Å². The highest BCUT2D eigenvalue weighted by Gasteiger charge is 2.44. The molecule has 150 valence electrons. The number of hydrogen-bond donors (Lipinski definition) is 1. The predicted octanol–water partition coefficient (Wildman–Crippen LogP) is 3.81. The Bertz CT molecular complexity index is 994. The van der Waals surface area contributed by atoms with E-state index in [0.29, 0.717) is 36.3 Å². The first-order valence-electron chi connectivity index (χ1n) is 10.1. The molecule has 6 nitrogen and oxygen atoms in total. The van der Waals surface area contributed by atoms with Crippen molar-refractivity contribution in [2.75, 3.05) is 21.7 Å². The average Bonchev–Trinajstić information content (AvgIpc) is 3.06. The highest BCUT2D eigenvalue weighted by Crippen LogP contribution is 2.41. The van der Waals surface area contributed by atoms with Gasteiger partial charge >= 0.3 is 0 Å². The van der Waals surface area contributed by atoms with Gasteiger partial charge in [0.1, 0.15) is 6.04 Å². The molecule has 0 bridgehead atoms. The summed E-state index contributed by atoms with van der Waals surface area (Å²) in [6.45, 7) is 6.54. The summed E-state index contributed by atoms with van der Waals surface area (Å²) in [4.78, 5) is 41.6. The molecule has 1 saturated heterocycles. The van der Waals surface area contributed by atoms with Crippen molar-refractivity contribution >= 4 is 34.8 Å². The molecule has 1 fully saturated rings. The predicted molar refractivity (Wildman–Crippen MR) is 113 cm³/mol. The van der Waals surface area contributed by atoms with Crippen LogP contribution in [0.4, 0.5) is 17.1 Å². The molecule has 0 aliphatic carbocycles. The lowest BCUT2D eigenvalue weighted by atomic mass is 10.0. The van der Waals surface area contributed by atoms with Crippen LogP contribution >= 0.6 is 0 Å². The third kappa shape index (κ3) is 3.39. The van der Waals surface area contributed by atoms with Crippen molar-refractivity contribution < 1.29 is 14.4 Å². The Morgan fingerprint density at radius 3 is 2.48 bits per heavy atom. The first-order chi connectivity index (χ1) is 13.9. The molecule has 2 heterocycles. The fourth-order valence-electron chi connectivity index (χ4n) is 4.31. The molecular weight excluding hydrogens is 366 g/mol. The molecule has 0 radical (unpaired) electrons. The Balaban J connectivity index is 1.70. The summed E-state index contributed by atoms with van der Waals surface area (Å²) in [6.07, 6.45) is 1.72. The van der Waals surface area contributed by atoms with Crippen LogP contribution in [0.15, 0.2) is 36.4 Å². The zero-order chi connectivity index (χ0) is 20.7. The second kappa shape index (κ2) is 7.35. The minimum Gasteiger partial charge on any atom is -0.322 e. The number of fused-ring (bicyclic) bond motifs is 3. The Kier molecular flexibility index (Phi) is 4.86. The van der Waals surface area contributed by atoms with Crippen molar-refractivity contribution in [3.8, 4) is 0 Å². The normalized spacial score (nSPS) is 18.0. The number of hydrogen-bond acceptors (Lipinski definition) is 3. The summed E-state index contributed by atoms with van der Waals surface area (Å²) in [5, 5.41) is 2.94. The third-order valence-corrected chi connectivity index (χ3v) is 5.48. The molecule has 2 aromatic rings. The van der Waals surface area contributed by atoms with Crippen molar-refractivity contribution in [2.45, 2.75) is 46.1 Å². The standard InChI is InChI=1S/C23H25N3O3/c1-4-9-25-20-13-16(22(28)24-17-11-14(2)10-15(3)12-17)5-6-18(20)26-19(23(25)29)7-8-21(26)27/h5-6,10-13,19H,4,7-9H2,1-3H3,(H,24,28). The summed E-state index contributed by atoms with van der Waals surface area (Å²) >= 11 is 0. The third-order valence-electron chi connectivity index (χ3n) is 5.48. The van der Waals surface area contributed by atoms with Crippen molar-refractivity contribution in [3.05, 3.63) is 53.1 Å². The van der Waals surface area contributed by atoms with Gasteiger partial charge in [0.05, 0.1) is 11.4 Å². The SMILES string of the molecule is CCCN1C(=O)C2CCC(=O)N2c2ccc(C(=O)Nc3cc(C)cc(C)c3)cc21. The summed E-state index contributed by atoms with van der Waals surface area (Å²) in [7, 11) is 0. The van der Waals surface area contributed by atoms with Crippen LogP contribution in [-0.2, 0) is 9.59 Å². The first-order valence-corrected chi connectivity index (χ1v) is 10.1. The first kappa shape index (κ1) is 19.2. The molecule has 29 heavy (non-hydrogen) atoms. The van der Waals surface area contributed by atoms with E-state index in [4.69, 9.17) is 0 Å². The lowest BCUT2D eigenvalue weighted by Gasteiger charge is -2.38. The molecule has 1 N–H and O–H groups in total. The van der Waals surface area contributed by atoms with Gasteiger partial charge in [-0.05, 0) is 68.1 Å². The van der Waals surface area contributed by atoms with Gasteiger partial charge in [-0.25, -0.2) is 0 Å². The molecule has 1 unspecified atom stereocenters. The highest BCUT2D eigenvalue weighted by atomic mass is 16.2. The van der Waals surface area contributed by atoms with Gasteiger partial charge in [0.25, 0.3) is 5.91 Å².